The Bertz CT molecular complexity index is 191. The first-order valence-corrected chi connectivity index (χ1v) is 5.86. The molecule has 1 amide bonds. The zero-order valence-corrected chi connectivity index (χ0v) is 11.7. The van der Waals surface area contributed by atoms with Gasteiger partial charge in [-0.05, 0) is 26.7 Å². The highest BCUT2D eigenvalue weighted by Crippen LogP contribution is 2.18. The fourth-order valence-corrected chi connectivity index (χ4v) is 1.17. The minimum Gasteiger partial charge on any atom is -0.444 e. The van der Waals surface area contributed by atoms with E-state index in [-0.39, 0.29) is 11.7 Å². The Kier molecular flexibility index (Phi) is 8.92. The second-order valence-electron chi connectivity index (χ2n) is 4.49. The van der Waals surface area contributed by atoms with Gasteiger partial charge in [0.2, 0.25) is 0 Å². The van der Waals surface area contributed by atoms with E-state index in [2.05, 4.69) is 20.1 Å². The van der Waals surface area contributed by atoms with Crippen LogP contribution in [0.1, 0.15) is 41.5 Å². The summed E-state index contributed by atoms with van der Waals surface area (Å²) in [6.07, 6.45) is -0.180. The van der Waals surface area contributed by atoms with E-state index in [4.69, 9.17) is 4.74 Å². The fourth-order valence-electron chi connectivity index (χ4n) is 1.17. The first-order valence-electron chi connectivity index (χ1n) is 5.86. The van der Waals surface area contributed by atoms with Crippen LogP contribution in [0.4, 0.5) is 4.79 Å². The van der Waals surface area contributed by atoms with Gasteiger partial charge in [0.25, 0.3) is 0 Å². The third kappa shape index (κ3) is 7.32. The Balaban J connectivity index is 0. The highest BCUT2D eigenvalue weighted by atomic mass is 16.6. The maximum atomic E-state index is 11.3. The summed E-state index contributed by atoms with van der Waals surface area (Å²) >= 11 is 0. The van der Waals surface area contributed by atoms with Crippen molar-refractivity contribution in [2.45, 2.75) is 47.1 Å². The molecule has 1 aliphatic rings. The van der Waals surface area contributed by atoms with Crippen LogP contribution in [0.25, 0.3) is 0 Å². The summed E-state index contributed by atoms with van der Waals surface area (Å²) in [5, 5.41) is 0. The van der Waals surface area contributed by atoms with Gasteiger partial charge in [0.05, 0.1) is 0 Å². The smallest absolute Gasteiger partial charge is 0.410 e. The molecule has 0 saturated carbocycles. The summed E-state index contributed by atoms with van der Waals surface area (Å²) < 4.78 is 5.18. The molecule has 0 N–H and O–H groups in total. The van der Waals surface area contributed by atoms with Crippen LogP contribution < -0.4 is 0 Å². The van der Waals surface area contributed by atoms with Gasteiger partial charge in [0.1, 0.15) is 5.60 Å². The second kappa shape index (κ2) is 8.20. The molecule has 0 aliphatic carbocycles. The van der Waals surface area contributed by atoms with Crippen molar-refractivity contribution in [3.8, 4) is 0 Å². The maximum Gasteiger partial charge on any atom is 0.410 e. The first-order chi connectivity index (χ1) is 7.38. The molecule has 0 spiro atoms. The van der Waals surface area contributed by atoms with Crippen molar-refractivity contribution in [1.29, 1.82) is 0 Å². The molecule has 0 aromatic heterocycles. The van der Waals surface area contributed by atoms with E-state index in [0.717, 1.165) is 13.1 Å². The van der Waals surface area contributed by atoms with E-state index in [1.165, 1.54) is 0 Å². The molecule has 96 valence electrons. The monoisotopic (exact) mass is 229 g/mol. The summed E-state index contributed by atoms with van der Waals surface area (Å²) in [6, 6.07) is 0. The minimum absolute atomic E-state index is 0.180. The highest BCUT2D eigenvalue weighted by Gasteiger charge is 2.30. The molecule has 16 heavy (non-hydrogen) atoms. The van der Waals surface area contributed by atoms with Crippen LogP contribution in [0, 0.1) is 5.92 Å². The summed E-state index contributed by atoms with van der Waals surface area (Å²) in [4.78, 5) is 13.0. The van der Waals surface area contributed by atoms with Crippen molar-refractivity contribution < 1.29 is 9.53 Å². The molecular weight excluding hydrogens is 202 g/mol. The summed E-state index contributed by atoms with van der Waals surface area (Å²) in [6.45, 7) is 19.5. The Morgan fingerprint density at radius 2 is 1.62 bits per heavy atom. The molecule has 0 bridgehead atoms. The van der Waals surface area contributed by atoms with Gasteiger partial charge in [0.15, 0.2) is 0 Å². The standard InChI is InChI=1S/C9H17NO2.C2H6.C2H4/c1-7-5-10(6-7)8(11)12-9(2,3)4;2*1-2/h7H,5-6H2,1-4H3;1-2H3;1-2H2. The lowest BCUT2D eigenvalue weighted by atomic mass is 10.0. The predicted octanol–water partition coefficient (Wildman–Crippen LogP) is 3.70. The summed E-state index contributed by atoms with van der Waals surface area (Å²) in [5.41, 5.74) is -0.365. The van der Waals surface area contributed by atoms with E-state index in [1.54, 1.807) is 4.90 Å². The number of hydrogen-bond acceptors (Lipinski definition) is 2. The van der Waals surface area contributed by atoms with Crippen molar-refractivity contribution in [3.05, 3.63) is 13.2 Å². The summed E-state index contributed by atoms with van der Waals surface area (Å²) in [7, 11) is 0. The van der Waals surface area contributed by atoms with Gasteiger partial charge in [-0.15, -0.1) is 13.2 Å². The van der Waals surface area contributed by atoms with Gasteiger partial charge >= 0.3 is 6.09 Å². The molecule has 0 atom stereocenters. The number of ether oxygens (including phenoxy) is 1. The molecule has 1 heterocycles. The Morgan fingerprint density at radius 3 is 1.88 bits per heavy atom. The fraction of sp³-hybridized carbons (Fsp3) is 0.769. The normalized spacial score (nSPS) is 14.8. The third-order valence-electron chi connectivity index (χ3n) is 1.72. The van der Waals surface area contributed by atoms with Crippen molar-refractivity contribution in [2.75, 3.05) is 13.1 Å². The maximum absolute atomic E-state index is 11.3. The van der Waals surface area contributed by atoms with Gasteiger partial charge in [-0.25, -0.2) is 4.79 Å². The highest BCUT2D eigenvalue weighted by molar-refractivity contribution is 5.69. The van der Waals surface area contributed by atoms with Crippen LogP contribution in [-0.4, -0.2) is 29.7 Å². The molecule has 1 fully saturated rings. The van der Waals surface area contributed by atoms with Gasteiger partial charge in [-0.1, -0.05) is 20.8 Å². The Labute approximate surface area is 100 Å². The molecule has 3 heteroatoms. The number of nitrogens with zero attached hydrogens (tertiary/aromatic N) is 1. The van der Waals surface area contributed by atoms with Gasteiger partial charge < -0.3 is 9.64 Å². The molecule has 1 rings (SSSR count). The quantitative estimate of drug-likeness (QED) is 0.593. The molecule has 1 aliphatic heterocycles. The van der Waals surface area contributed by atoms with Crippen LogP contribution in [-0.2, 0) is 4.74 Å². The topological polar surface area (TPSA) is 29.5 Å². The second-order valence-corrected chi connectivity index (χ2v) is 4.49. The molecule has 3 nitrogen and oxygen atoms in total. The van der Waals surface area contributed by atoms with E-state index in [1.807, 2.05) is 34.6 Å². The van der Waals surface area contributed by atoms with Crippen molar-refractivity contribution in [1.82, 2.24) is 4.90 Å². The van der Waals surface area contributed by atoms with E-state index in [9.17, 15) is 4.79 Å². The molecule has 0 radical (unpaired) electrons. The lowest BCUT2D eigenvalue weighted by molar-refractivity contribution is 0.00153. The number of likely N-dealkylation sites (tertiary alicyclic amines) is 1. The van der Waals surface area contributed by atoms with Crippen molar-refractivity contribution in [3.63, 3.8) is 0 Å². The van der Waals surface area contributed by atoms with Gasteiger partial charge in [-0.2, -0.15) is 0 Å². The van der Waals surface area contributed by atoms with Crippen LogP contribution >= 0.6 is 0 Å². The van der Waals surface area contributed by atoms with Gasteiger partial charge in [0, 0.05) is 13.1 Å². The van der Waals surface area contributed by atoms with E-state index in [0.29, 0.717) is 5.92 Å². The van der Waals surface area contributed by atoms with Crippen molar-refractivity contribution in [2.24, 2.45) is 5.92 Å². The molecule has 1 saturated heterocycles. The van der Waals surface area contributed by atoms with Crippen LogP contribution in [0.5, 0.6) is 0 Å². The van der Waals surface area contributed by atoms with Crippen LogP contribution in [0.2, 0.25) is 0 Å². The minimum atomic E-state index is -0.365. The van der Waals surface area contributed by atoms with Crippen LogP contribution in [0.15, 0.2) is 13.2 Å². The average Bonchev–Trinajstić information content (AvgIpc) is 2.17. The SMILES string of the molecule is C=C.CC.CC1CN(C(=O)OC(C)(C)C)C1. The molecule has 0 aromatic rings. The number of hydrogen-bond donors (Lipinski definition) is 0. The number of carbonyl (C=O) groups is 1. The number of carbonyl (C=O) groups excluding carboxylic acids is 1. The Hall–Kier alpha value is -0.990. The molecular formula is C13H27NO2. The number of rotatable bonds is 0. The van der Waals surface area contributed by atoms with Gasteiger partial charge in [-0.3, -0.25) is 0 Å². The Morgan fingerprint density at radius 1 is 1.25 bits per heavy atom. The first kappa shape index (κ1) is 17.4. The third-order valence-corrected chi connectivity index (χ3v) is 1.72. The average molecular weight is 229 g/mol. The molecule has 0 unspecified atom stereocenters. The lowest BCUT2D eigenvalue weighted by Gasteiger charge is -2.37. The zero-order chi connectivity index (χ0) is 13.4. The van der Waals surface area contributed by atoms with E-state index < -0.39 is 0 Å². The lowest BCUT2D eigenvalue weighted by Crippen LogP contribution is -2.50. The largest absolute Gasteiger partial charge is 0.444 e. The zero-order valence-electron chi connectivity index (χ0n) is 11.7. The summed E-state index contributed by atoms with van der Waals surface area (Å²) in [5.74, 6) is 0.637. The van der Waals surface area contributed by atoms with Crippen LogP contribution in [0.3, 0.4) is 0 Å². The molecule has 0 aromatic carbocycles. The predicted molar refractivity (Wildman–Crippen MR) is 69.6 cm³/mol. The number of amides is 1. The van der Waals surface area contributed by atoms with Crippen molar-refractivity contribution >= 4 is 6.09 Å². The van der Waals surface area contributed by atoms with E-state index >= 15 is 0 Å².